The lowest BCUT2D eigenvalue weighted by molar-refractivity contribution is 0.144. The highest BCUT2D eigenvalue weighted by Gasteiger charge is 2.11. The van der Waals surface area contributed by atoms with Crippen LogP contribution in [0.15, 0.2) is 90.0 Å². The number of nitrogens with one attached hydrogen (secondary N) is 1. The molecule has 156 valence electrons. The van der Waals surface area contributed by atoms with E-state index in [0.717, 1.165) is 22.3 Å². The van der Waals surface area contributed by atoms with Gasteiger partial charge in [0.15, 0.2) is 5.75 Å². The van der Waals surface area contributed by atoms with Crippen molar-refractivity contribution in [3.63, 3.8) is 0 Å². The Bertz CT molecular complexity index is 1510. The minimum Gasteiger partial charge on any atom is -0.449 e. The number of benzene rings is 3. The first-order valence-corrected chi connectivity index (χ1v) is 9.72. The van der Waals surface area contributed by atoms with Gasteiger partial charge in [-0.25, -0.2) is 14.5 Å². The maximum Gasteiger partial charge on any atom is 0.511 e. The summed E-state index contributed by atoms with van der Waals surface area (Å²) in [6, 6.07) is 23.7. The van der Waals surface area contributed by atoms with Crippen molar-refractivity contribution < 1.29 is 14.6 Å². The van der Waals surface area contributed by atoms with Gasteiger partial charge in [-0.2, -0.15) is 5.10 Å². The molecule has 5 rings (SSSR count). The Kier molecular flexibility index (Phi) is 4.72. The van der Waals surface area contributed by atoms with Crippen LogP contribution in [-0.4, -0.2) is 31.0 Å². The van der Waals surface area contributed by atoms with Crippen LogP contribution in [0.3, 0.4) is 0 Å². The lowest BCUT2D eigenvalue weighted by atomic mass is 9.98. The average molecular weight is 424 g/mol. The van der Waals surface area contributed by atoms with Crippen molar-refractivity contribution in [1.82, 2.24) is 19.7 Å². The van der Waals surface area contributed by atoms with Crippen LogP contribution in [0.1, 0.15) is 0 Å². The van der Waals surface area contributed by atoms with E-state index in [9.17, 15) is 9.59 Å². The van der Waals surface area contributed by atoms with Crippen LogP contribution in [0.2, 0.25) is 0 Å². The number of nitrogens with zero attached hydrogens (tertiary/aromatic N) is 3. The second-order valence-corrected chi connectivity index (χ2v) is 7.06. The first-order valence-electron chi connectivity index (χ1n) is 9.72. The Morgan fingerprint density at radius 1 is 0.906 bits per heavy atom. The van der Waals surface area contributed by atoms with Gasteiger partial charge in [-0.3, -0.25) is 9.78 Å². The molecule has 8 nitrogen and oxygen atoms in total. The van der Waals surface area contributed by atoms with Crippen LogP contribution in [0.5, 0.6) is 5.75 Å². The summed E-state index contributed by atoms with van der Waals surface area (Å²) in [6.07, 6.45) is 1.09. The molecule has 0 atom stereocenters. The van der Waals surface area contributed by atoms with Crippen molar-refractivity contribution in [3.05, 3.63) is 95.5 Å². The Hall–Kier alpha value is -4.72. The lowest BCUT2D eigenvalue weighted by Crippen LogP contribution is -2.13. The van der Waals surface area contributed by atoms with Crippen LogP contribution >= 0.6 is 0 Å². The van der Waals surface area contributed by atoms with E-state index < -0.39 is 6.16 Å². The standard InChI is InChI=1S/C24H16N4O4/c29-22-20-12-18(17-8-4-7-16(11-17)15-5-2-1-3-6-15)9-10-21(20)26-23(27-22)28-14-19(13-25-28)32-24(30)31/h1-14H,(H,30,31)(H,26,27,29). The summed E-state index contributed by atoms with van der Waals surface area (Å²) >= 11 is 0. The van der Waals surface area contributed by atoms with E-state index in [1.807, 2.05) is 42.5 Å². The van der Waals surface area contributed by atoms with Gasteiger partial charge >= 0.3 is 6.16 Å². The van der Waals surface area contributed by atoms with Crippen LogP contribution in [-0.2, 0) is 0 Å². The third-order valence-electron chi connectivity index (χ3n) is 4.98. The Morgan fingerprint density at radius 2 is 1.62 bits per heavy atom. The third kappa shape index (κ3) is 3.72. The maximum absolute atomic E-state index is 12.8. The molecule has 32 heavy (non-hydrogen) atoms. The monoisotopic (exact) mass is 424 g/mol. The predicted octanol–water partition coefficient (Wildman–Crippen LogP) is 4.50. The minimum absolute atomic E-state index is 0.0221. The SMILES string of the molecule is O=C(O)Oc1cnn(-c2nc3ccc(-c4cccc(-c5ccccc5)c4)cc3c(=O)[nH]2)c1. The molecule has 0 saturated heterocycles. The van der Waals surface area contributed by atoms with Crippen LogP contribution in [0.4, 0.5) is 4.79 Å². The summed E-state index contributed by atoms with van der Waals surface area (Å²) in [6.45, 7) is 0. The van der Waals surface area contributed by atoms with E-state index in [1.54, 1.807) is 12.1 Å². The molecule has 0 amide bonds. The Balaban J connectivity index is 1.52. The fourth-order valence-electron chi connectivity index (χ4n) is 3.50. The van der Waals surface area contributed by atoms with Crippen LogP contribution in [0, 0.1) is 0 Å². The van der Waals surface area contributed by atoms with E-state index in [0.29, 0.717) is 10.9 Å². The molecule has 3 aromatic carbocycles. The van der Waals surface area contributed by atoms with Gasteiger partial charge in [-0.05, 0) is 40.5 Å². The van der Waals surface area contributed by atoms with Gasteiger partial charge in [0, 0.05) is 0 Å². The summed E-state index contributed by atoms with van der Waals surface area (Å²) in [5.41, 5.74) is 4.24. The summed E-state index contributed by atoms with van der Waals surface area (Å²) in [5, 5.41) is 13.1. The molecule has 0 unspecified atom stereocenters. The zero-order valence-electron chi connectivity index (χ0n) is 16.6. The molecule has 0 aliphatic carbocycles. The van der Waals surface area contributed by atoms with Crippen molar-refractivity contribution in [2.24, 2.45) is 0 Å². The van der Waals surface area contributed by atoms with Gasteiger partial charge < -0.3 is 9.84 Å². The minimum atomic E-state index is -1.45. The van der Waals surface area contributed by atoms with E-state index in [2.05, 4.69) is 38.0 Å². The topological polar surface area (TPSA) is 110 Å². The van der Waals surface area contributed by atoms with Crippen molar-refractivity contribution in [2.75, 3.05) is 0 Å². The van der Waals surface area contributed by atoms with Gasteiger partial charge in [0.2, 0.25) is 5.95 Å². The maximum atomic E-state index is 12.8. The van der Waals surface area contributed by atoms with Gasteiger partial charge in [0.05, 0.1) is 23.3 Å². The smallest absolute Gasteiger partial charge is 0.449 e. The molecular weight excluding hydrogens is 408 g/mol. The first kappa shape index (κ1) is 19.3. The first-order chi connectivity index (χ1) is 15.6. The Labute approximate surface area is 181 Å². The number of ether oxygens (including phenoxy) is 1. The summed E-state index contributed by atoms with van der Waals surface area (Å²) in [7, 11) is 0. The molecule has 2 heterocycles. The number of aromatic amines is 1. The number of fused-ring (bicyclic) bond motifs is 1. The summed E-state index contributed by atoms with van der Waals surface area (Å²) in [4.78, 5) is 30.5. The number of carboxylic acid groups (broad SMARTS) is 1. The number of carbonyl (C=O) groups is 1. The van der Waals surface area contributed by atoms with Gasteiger partial charge in [0.1, 0.15) is 0 Å². The van der Waals surface area contributed by atoms with E-state index in [1.165, 1.54) is 17.1 Å². The number of H-pyrrole nitrogens is 1. The molecule has 5 aromatic rings. The van der Waals surface area contributed by atoms with Crippen molar-refractivity contribution in [2.45, 2.75) is 0 Å². The fraction of sp³-hybridized carbons (Fsp3) is 0. The zero-order valence-corrected chi connectivity index (χ0v) is 16.6. The summed E-state index contributed by atoms with van der Waals surface area (Å²) < 4.78 is 5.80. The van der Waals surface area contributed by atoms with Gasteiger partial charge in [-0.15, -0.1) is 0 Å². The van der Waals surface area contributed by atoms with Gasteiger partial charge in [0.25, 0.3) is 5.56 Å². The molecule has 0 aliphatic heterocycles. The predicted molar refractivity (Wildman–Crippen MR) is 119 cm³/mol. The quantitative estimate of drug-likeness (QED) is 0.411. The molecule has 2 N–H and O–H groups in total. The molecule has 0 radical (unpaired) electrons. The highest BCUT2D eigenvalue weighted by Crippen LogP contribution is 2.27. The van der Waals surface area contributed by atoms with E-state index >= 15 is 0 Å². The normalized spacial score (nSPS) is 10.9. The van der Waals surface area contributed by atoms with Crippen LogP contribution in [0.25, 0.3) is 39.1 Å². The number of rotatable bonds is 4. The molecule has 0 fully saturated rings. The molecule has 8 heteroatoms. The molecule has 0 spiro atoms. The number of hydrogen-bond acceptors (Lipinski definition) is 5. The van der Waals surface area contributed by atoms with Crippen molar-refractivity contribution in [3.8, 4) is 34.0 Å². The summed E-state index contributed by atoms with van der Waals surface area (Å²) in [5.74, 6) is 0.176. The molecule has 0 saturated carbocycles. The second-order valence-electron chi connectivity index (χ2n) is 7.06. The number of aromatic nitrogens is 4. The van der Waals surface area contributed by atoms with Crippen molar-refractivity contribution in [1.29, 1.82) is 0 Å². The average Bonchev–Trinajstić information content (AvgIpc) is 3.27. The van der Waals surface area contributed by atoms with Crippen molar-refractivity contribution >= 4 is 17.1 Å². The Morgan fingerprint density at radius 3 is 2.41 bits per heavy atom. The lowest BCUT2D eigenvalue weighted by Gasteiger charge is -2.08. The van der Waals surface area contributed by atoms with Crippen LogP contribution < -0.4 is 10.3 Å². The molecular formula is C24H16N4O4. The zero-order chi connectivity index (χ0) is 22.1. The highest BCUT2D eigenvalue weighted by atomic mass is 16.7. The highest BCUT2D eigenvalue weighted by molar-refractivity contribution is 5.85. The second kappa shape index (κ2) is 7.84. The molecule has 2 aromatic heterocycles. The van der Waals surface area contributed by atoms with E-state index in [4.69, 9.17) is 5.11 Å². The number of hydrogen-bond donors (Lipinski definition) is 2. The largest absolute Gasteiger partial charge is 0.511 e. The van der Waals surface area contributed by atoms with Gasteiger partial charge in [-0.1, -0.05) is 54.6 Å². The molecule has 0 aliphatic rings. The third-order valence-corrected chi connectivity index (χ3v) is 4.98. The molecule has 0 bridgehead atoms. The van der Waals surface area contributed by atoms with E-state index in [-0.39, 0.29) is 17.3 Å². The fourth-order valence-corrected chi connectivity index (χ4v) is 3.50.